The van der Waals surface area contributed by atoms with E-state index in [9.17, 15) is 24.9 Å². The fraction of sp³-hybridized carbons (Fsp3) is 0.402. The Hall–Kier alpha value is -10.5. The average Bonchev–Trinajstić information content (AvgIpc) is 1.58. The first-order valence-corrected chi connectivity index (χ1v) is 42.7. The Morgan fingerprint density at radius 2 is 0.939 bits per heavy atom. The lowest BCUT2D eigenvalue weighted by Gasteiger charge is -2.39. The molecule has 8 aliphatic rings. The van der Waals surface area contributed by atoms with E-state index < -0.39 is 24.0 Å². The predicted octanol–water partition coefficient (Wildman–Crippen LogP) is 15.4. The first-order valence-electron chi connectivity index (χ1n) is 41.6. The number of aliphatic hydroxyl groups excluding tert-OH is 3. The van der Waals surface area contributed by atoms with Gasteiger partial charge in [0.05, 0.1) is 46.2 Å². The van der Waals surface area contributed by atoms with Crippen LogP contribution in [0.25, 0.3) is 72.4 Å². The minimum Gasteiger partial charge on any atom is -0.393 e. The number of anilines is 3. The van der Waals surface area contributed by atoms with Crippen LogP contribution >= 0.6 is 11.8 Å². The summed E-state index contributed by atoms with van der Waals surface area (Å²) in [5.74, 6) is 3.87. The van der Waals surface area contributed by atoms with Gasteiger partial charge in [0.15, 0.2) is 0 Å². The van der Waals surface area contributed by atoms with Crippen LogP contribution < -0.4 is 16.0 Å². The molecule has 114 heavy (non-hydrogen) atoms. The summed E-state index contributed by atoms with van der Waals surface area (Å²) in [5, 5.41) is 51.0. The van der Waals surface area contributed by atoms with Gasteiger partial charge in [-0.2, -0.15) is 15.0 Å². The number of amides is 3. The Balaban J connectivity index is 0.552. The molecule has 0 spiro atoms. The van der Waals surface area contributed by atoms with Crippen LogP contribution in [0, 0.1) is 23.7 Å². The number of benzene rings is 4. The zero-order valence-corrected chi connectivity index (χ0v) is 65.5. The highest BCUT2D eigenvalue weighted by Gasteiger charge is 2.41. The molecule has 18 rings (SSSR count). The Morgan fingerprint density at radius 3 is 1.46 bits per heavy atom. The van der Waals surface area contributed by atoms with Crippen molar-refractivity contribution in [1.29, 1.82) is 0 Å². The molecule has 21 nitrogen and oxygen atoms in total. The number of hydrogen-bond donors (Lipinski definition) is 6. The molecule has 4 aliphatic heterocycles. The number of thioether (sulfide) groups is 1. The summed E-state index contributed by atoms with van der Waals surface area (Å²) in [6.07, 6.45) is 33.5. The van der Waals surface area contributed by atoms with Crippen LogP contribution in [0.15, 0.2) is 194 Å². The van der Waals surface area contributed by atoms with Gasteiger partial charge in [0.25, 0.3) is 0 Å². The van der Waals surface area contributed by atoms with Crippen molar-refractivity contribution in [3.8, 4) is 28.6 Å². The Kier molecular flexibility index (Phi) is 21.8. The Labute approximate surface area is 669 Å². The van der Waals surface area contributed by atoms with E-state index in [1.807, 2.05) is 45.2 Å². The third-order valence-corrected chi connectivity index (χ3v) is 26.4. The van der Waals surface area contributed by atoms with Crippen molar-refractivity contribution >= 4 is 91.2 Å². The van der Waals surface area contributed by atoms with Gasteiger partial charge in [0, 0.05) is 146 Å². The predicted molar refractivity (Wildman–Crippen MR) is 451 cm³/mol. The van der Waals surface area contributed by atoms with E-state index in [2.05, 4.69) is 205 Å². The van der Waals surface area contributed by atoms with Gasteiger partial charge in [-0.25, -0.2) is 15.0 Å². The topological polar surface area (TPSA) is 250 Å². The van der Waals surface area contributed by atoms with Gasteiger partial charge in [0.2, 0.25) is 35.6 Å². The molecule has 6 fully saturated rings. The standard InChI is InChI=1S/C92H101N15O6S/c1-2-58-11-6-14-60(23-22-58)70-17-8-19-79-73(70)39-49-105(79)84-36-44-93-90(99-84)94-65-30-26-62(27-31-65)88(112)103-47-42-82(109)75(55-103)77-53-85(106-50-40-72-69(16-7-20-80(72)106)59-12-4-3-5-13-59)100-92(97-77)96-67-34-28-63(29-35-67)89(113)104-48-43-83(110)76(56-104)78-54-86(107-51-41-74-71(18-9-21-81(74)107)64-15-10-52-114-57-64)101-91(98-78)95-66-32-24-61(25-33-66)87(111)102-45-37-68(108)38-46-102/h3-23,36,39-41,44,49-51,53-54,57-58,61-63,65-68,75-76,82-83,108-110H,2,24-35,37-38,42-43,45-48,52,55-56H2,1H3,(H,93,94,99)(H,95,98,101)(H,96,97,100). The first kappa shape index (κ1) is 74.9. The minimum atomic E-state index is -0.751. The van der Waals surface area contributed by atoms with Gasteiger partial charge in [-0.1, -0.05) is 116 Å². The number of likely N-dealkylation sites (tertiary alicyclic amines) is 3. The fourth-order valence-corrected chi connectivity index (χ4v) is 19.8. The van der Waals surface area contributed by atoms with Crippen molar-refractivity contribution in [2.24, 2.45) is 23.7 Å². The van der Waals surface area contributed by atoms with Crippen LogP contribution in [-0.2, 0) is 14.4 Å². The number of allylic oxidation sites excluding steroid dienone is 8. The number of piperidine rings is 3. The van der Waals surface area contributed by atoms with Crippen molar-refractivity contribution in [2.75, 3.05) is 61.0 Å². The smallest absolute Gasteiger partial charge is 0.225 e. The third-order valence-electron chi connectivity index (χ3n) is 25.6. The average molecular weight is 1540 g/mol. The summed E-state index contributed by atoms with van der Waals surface area (Å²) in [6.45, 7) is 4.92. The third kappa shape index (κ3) is 15.7. The molecule has 5 unspecified atom stereocenters. The van der Waals surface area contributed by atoms with E-state index >= 15 is 4.79 Å². The van der Waals surface area contributed by atoms with Crippen molar-refractivity contribution in [1.82, 2.24) is 58.3 Å². The molecule has 10 aromatic rings. The molecule has 0 radical (unpaired) electrons. The maximum absolute atomic E-state index is 15.1. The number of nitrogens with one attached hydrogen (secondary N) is 3. The van der Waals surface area contributed by atoms with Crippen LogP contribution in [0.2, 0.25) is 0 Å². The first-order chi connectivity index (χ1) is 55.9. The summed E-state index contributed by atoms with van der Waals surface area (Å²) in [7, 11) is 0. The molecule has 10 heterocycles. The maximum Gasteiger partial charge on any atom is 0.225 e. The molecule has 586 valence electrons. The van der Waals surface area contributed by atoms with E-state index in [0.29, 0.717) is 150 Å². The molecule has 22 heteroatoms. The quantitative estimate of drug-likeness (QED) is 0.0467. The van der Waals surface area contributed by atoms with Gasteiger partial charge in [-0.15, -0.1) is 11.8 Å². The molecule has 5 atom stereocenters. The normalized spacial score (nSPS) is 25.0. The SMILES string of the molecule is CCC1C=CC=C(c2cccc3c2ccn3-c2ccnc(NC3CCC(C(=O)N4CCC(O)C(c5cc(-n6ccc7c(-c8ccccc8)cccc76)nc(NC6CCC(C(=O)N7CCC(O)C(c8cc(-n9ccc%10c(C%11=CSCC=C%11)cccc%109)nc(NC9CCC(C(=O)N%10CCC(O)CC%10)CC9)n8)C7)CC6)n5)C4)CC3)n2)C=C1. The number of carbonyl (C=O) groups is 3. The molecule has 6 aromatic heterocycles. The number of rotatable bonds is 18. The molecular weight excluding hydrogens is 1440 g/mol. The highest BCUT2D eigenvalue weighted by Crippen LogP contribution is 2.41. The van der Waals surface area contributed by atoms with Gasteiger partial charge in [-0.3, -0.25) is 14.4 Å². The van der Waals surface area contributed by atoms with Crippen LogP contribution in [0.1, 0.15) is 150 Å². The lowest BCUT2D eigenvalue weighted by atomic mass is 9.83. The van der Waals surface area contributed by atoms with Crippen molar-refractivity contribution < 1.29 is 29.7 Å². The number of carbonyl (C=O) groups excluding carboxylic acids is 3. The molecular formula is C92H101N15O6S. The lowest BCUT2D eigenvalue weighted by molar-refractivity contribution is -0.140. The van der Waals surface area contributed by atoms with Gasteiger partial charge >= 0.3 is 0 Å². The molecule has 6 N–H and O–H groups in total. The second-order valence-corrected chi connectivity index (χ2v) is 33.6. The van der Waals surface area contributed by atoms with Gasteiger partial charge in [0.1, 0.15) is 17.5 Å². The highest BCUT2D eigenvalue weighted by molar-refractivity contribution is 8.02. The molecule has 3 amide bonds. The zero-order valence-electron chi connectivity index (χ0n) is 64.7. The highest BCUT2D eigenvalue weighted by atomic mass is 32.2. The number of nitrogens with zero attached hydrogens (tertiary/aromatic N) is 12. The van der Waals surface area contributed by atoms with Crippen molar-refractivity contribution in [3.05, 3.63) is 217 Å². The number of aliphatic hydroxyl groups is 3. The number of aromatic nitrogens is 9. The fourth-order valence-electron chi connectivity index (χ4n) is 19.1. The minimum absolute atomic E-state index is 0.0291. The lowest BCUT2D eigenvalue weighted by Crippen LogP contribution is -2.48. The van der Waals surface area contributed by atoms with E-state index in [4.69, 9.17) is 24.9 Å². The summed E-state index contributed by atoms with van der Waals surface area (Å²) in [6, 6.07) is 41.9. The van der Waals surface area contributed by atoms with Crippen LogP contribution in [-0.4, -0.2) is 173 Å². The number of fused-ring (bicyclic) bond motifs is 3. The Bertz CT molecular complexity index is 5360. The van der Waals surface area contributed by atoms with E-state index in [-0.39, 0.29) is 59.7 Å². The van der Waals surface area contributed by atoms with E-state index in [0.717, 1.165) is 111 Å². The van der Waals surface area contributed by atoms with E-state index in [1.54, 1.807) is 11.8 Å². The molecule has 3 saturated carbocycles. The summed E-state index contributed by atoms with van der Waals surface area (Å²) in [4.78, 5) is 80.1. The molecule has 3 saturated heterocycles. The van der Waals surface area contributed by atoms with Crippen LogP contribution in [0.5, 0.6) is 0 Å². The van der Waals surface area contributed by atoms with Crippen LogP contribution in [0.3, 0.4) is 0 Å². The molecule has 4 aromatic carbocycles. The van der Waals surface area contributed by atoms with Crippen molar-refractivity contribution in [3.63, 3.8) is 0 Å². The summed E-state index contributed by atoms with van der Waals surface area (Å²) >= 11 is 1.78. The van der Waals surface area contributed by atoms with E-state index in [1.165, 1.54) is 11.1 Å². The number of hydrogen-bond acceptors (Lipinski definition) is 16. The van der Waals surface area contributed by atoms with Crippen LogP contribution in [0.4, 0.5) is 17.8 Å². The van der Waals surface area contributed by atoms with Crippen molar-refractivity contribution in [2.45, 2.75) is 164 Å². The maximum atomic E-state index is 15.1. The monoisotopic (exact) mass is 1540 g/mol. The second-order valence-electron chi connectivity index (χ2n) is 32.7. The second kappa shape index (κ2) is 33.1. The molecule has 0 bridgehead atoms. The molecule has 4 aliphatic carbocycles. The largest absolute Gasteiger partial charge is 0.393 e. The zero-order chi connectivity index (χ0) is 77.3. The summed E-state index contributed by atoms with van der Waals surface area (Å²) < 4.78 is 6.32. The van der Waals surface area contributed by atoms with Gasteiger partial charge < -0.3 is 59.7 Å². The Morgan fingerprint density at radius 1 is 0.465 bits per heavy atom. The summed E-state index contributed by atoms with van der Waals surface area (Å²) in [5.41, 5.74) is 11.2. The van der Waals surface area contributed by atoms with Gasteiger partial charge in [-0.05, 0) is 196 Å².